The van der Waals surface area contributed by atoms with Crippen molar-refractivity contribution in [3.63, 3.8) is 0 Å². The number of rotatable bonds is 63. The third kappa shape index (κ3) is 46.3. The summed E-state index contributed by atoms with van der Waals surface area (Å²) in [5.41, 5.74) is 10.7. The van der Waals surface area contributed by atoms with Gasteiger partial charge in [0.25, 0.3) is 0 Å². The topological polar surface area (TPSA) is 324 Å². The molecule has 0 radical (unpaired) electrons. The summed E-state index contributed by atoms with van der Waals surface area (Å²) in [6.45, 7) is 25.3. The monoisotopic (exact) mass is 2050 g/mol. The van der Waals surface area contributed by atoms with Gasteiger partial charge in [-0.2, -0.15) is 0 Å². The number of carbonyl (C=O) groups is 6. The average Bonchev–Trinajstić information content (AvgIpc) is 0.742. The van der Waals surface area contributed by atoms with Crippen molar-refractivity contribution >= 4 is 66.5 Å². The van der Waals surface area contributed by atoms with Crippen LogP contribution in [0, 0.1) is 88.1 Å². The molecule has 6 rings (SSSR count). The summed E-state index contributed by atoms with van der Waals surface area (Å²) < 4.78 is 133. The molecule has 0 saturated heterocycles. The molecule has 0 unspecified atom stereocenters. The summed E-state index contributed by atoms with van der Waals surface area (Å²) in [7, 11) is 7.20. The number of benzene rings is 6. The van der Waals surface area contributed by atoms with Gasteiger partial charge in [-0.3, -0.25) is 0 Å². The van der Waals surface area contributed by atoms with Crippen LogP contribution in [0.3, 0.4) is 0 Å². The first-order valence-electron chi connectivity index (χ1n) is 46.0. The molecule has 6 aromatic rings. The molecule has 139 heavy (non-hydrogen) atoms. The van der Waals surface area contributed by atoms with E-state index < -0.39 is 43.9 Å². The summed E-state index contributed by atoms with van der Waals surface area (Å²) in [5.74, 6) is 31.6. The van der Waals surface area contributed by atoms with E-state index in [2.05, 4.69) is 135 Å². The van der Waals surface area contributed by atoms with Gasteiger partial charge in [0.2, 0.25) is 0 Å². The number of methoxy groups -OCH3 is 6. The minimum atomic E-state index is -2.29. The van der Waals surface area contributed by atoms with E-state index in [1.807, 2.05) is 6.07 Å². The largest absolute Gasteiger partial charge is 0.460 e. The van der Waals surface area contributed by atoms with Gasteiger partial charge < -0.3 is 114 Å². The minimum Gasteiger partial charge on any atom is -0.460 e. The van der Waals surface area contributed by atoms with Crippen molar-refractivity contribution in [2.45, 2.75) is 72.0 Å². The molecule has 0 fully saturated rings. The zero-order valence-electron chi connectivity index (χ0n) is 82.6. The first kappa shape index (κ1) is 117. The third-order valence-corrected chi connectivity index (χ3v) is 27.4. The Kier molecular flexibility index (Phi) is 59.5. The summed E-state index contributed by atoms with van der Waals surface area (Å²) in [4.78, 5) is 84.6. The fourth-order valence-corrected chi connectivity index (χ4v) is 19.3. The van der Waals surface area contributed by atoms with Crippen molar-refractivity contribution < 1.29 is 142 Å². The van der Waals surface area contributed by atoms with Gasteiger partial charge in [0.15, 0.2) is 0 Å². The first-order valence-corrected chi connectivity index (χ1v) is 49.4. The van der Waals surface area contributed by atoms with Crippen molar-refractivity contribution in [3.8, 4) is 70.7 Å². The Morgan fingerprint density at radius 3 is 0.590 bits per heavy atom. The second-order valence-corrected chi connectivity index (χ2v) is 38.4. The predicted molar refractivity (Wildman–Crippen MR) is 531 cm³/mol. The van der Waals surface area contributed by atoms with Crippen LogP contribution in [0.2, 0.25) is 16.6 Å². The van der Waals surface area contributed by atoms with Crippen molar-refractivity contribution in [2.24, 2.45) is 0 Å². The SMILES string of the molecule is COCCOCCOCCOC(=O)c1cc(I)cc(C#Cc2cc(C(=O)OCCOCCOCCOC)cc(C#Cc3cc(C#Cc4cc(C#Cc5cc(C(=O)OCCOCCOCCOC)cc(C#Cc6cc(C#C[Si](C(C)C)(C(C)C)C(C)C)cc(C(=O)OCCOCCOCCOC)c6)c5C)cc(C(=O)OCCOCCOCCOC)c4)cc(C(=O)OCCOCCOCCOC)c3)c2C)c1. The lowest BCUT2D eigenvalue weighted by Crippen LogP contribution is -2.43. The van der Waals surface area contributed by atoms with Gasteiger partial charge in [0.05, 0.1) is 232 Å². The maximum atomic E-state index is 14.4. The summed E-state index contributed by atoms with van der Waals surface area (Å²) in [5, 5.41) is 0. The van der Waals surface area contributed by atoms with E-state index >= 15 is 0 Å². The molecule has 0 bridgehead atoms. The number of esters is 6. The zero-order chi connectivity index (χ0) is 100. The number of halogens is 1. The standard InChI is InChI=1S/C107H133IO30Si/c1-79(2)139(80(3)4,81(5)6)62-25-90-65-88(70-97(72-90)104(111)135-58-52-129-46-40-123-34-28-117-11)19-23-93-76-99(106(113)137-60-54-131-48-42-125-36-30-119-13)74-91(82(93)7)21-17-86-63-84(66-95(68-86)102(109)133-56-50-127-44-38-121-32-26-115-9)15-16-85-64-87(69-96(67-85)103(110)134-57-51-128-45-39-122-33-27-116-10)18-22-92-75-100(107(114)138-61-55-132-49-43-126-37-31-120-14)77-94(83(92)8)24-20-89-71-98(78-101(108)73-89)105(112)136-59-53-130-47-41-124-35-29-118-12/h63-81H,26-61H2,1-14H3. The molecular formula is C107H133IO30Si. The zero-order valence-corrected chi connectivity index (χ0v) is 85.7. The Morgan fingerprint density at radius 2 is 0.388 bits per heavy atom. The van der Waals surface area contributed by atoms with Crippen molar-refractivity contribution in [1.82, 2.24) is 0 Å². The molecule has 752 valence electrons. The average molecular weight is 2050 g/mol. The molecule has 0 spiro atoms. The van der Waals surface area contributed by atoms with Gasteiger partial charge in [-0.25, -0.2) is 28.8 Å². The van der Waals surface area contributed by atoms with Gasteiger partial charge in [0, 0.05) is 107 Å². The number of ether oxygens (including phenoxy) is 24. The summed E-state index contributed by atoms with van der Waals surface area (Å²) >= 11 is 2.10. The lowest BCUT2D eigenvalue weighted by atomic mass is 9.97. The van der Waals surface area contributed by atoms with Crippen LogP contribution in [-0.2, 0) is 114 Å². The Bertz CT molecular complexity index is 5190. The fraction of sp³-hybridized carbons (Fsp3) is 0.495. The second-order valence-electron chi connectivity index (χ2n) is 31.5. The smallest absolute Gasteiger partial charge is 0.338 e. The van der Waals surface area contributed by atoms with E-state index in [-0.39, 0.29) is 181 Å². The maximum absolute atomic E-state index is 14.4. The minimum absolute atomic E-state index is 0.00308. The van der Waals surface area contributed by atoms with Crippen LogP contribution in [0.4, 0.5) is 0 Å². The second kappa shape index (κ2) is 70.4. The van der Waals surface area contributed by atoms with Crippen LogP contribution in [0.15, 0.2) is 97.1 Å². The van der Waals surface area contributed by atoms with Gasteiger partial charge in [-0.1, -0.05) is 107 Å². The maximum Gasteiger partial charge on any atom is 0.338 e. The van der Waals surface area contributed by atoms with Gasteiger partial charge in [-0.15, -0.1) is 5.54 Å². The molecule has 6 aromatic carbocycles. The molecule has 0 aromatic heterocycles. The Balaban J connectivity index is 1.51. The predicted octanol–water partition coefficient (Wildman–Crippen LogP) is 12.5. The molecule has 0 N–H and O–H groups in total. The normalized spacial score (nSPS) is 11.0. The highest BCUT2D eigenvalue weighted by atomic mass is 127. The molecule has 30 nitrogen and oxygen atoms in total. The molecule has 0 saturated carbocycles. The van der Waals surface area contributed by atoms with E-state index in [0.717, 1.165) is 0 Å². The van der Waals surface area contributed by atoms with E-state index in [9.17, 15) is 28.8 Å². The lowest BCUT2D eigenvalue weighted by molar-refractivity contribution is 0.00552. The quantitative estimate of drug-likeness (QED) is 0.00855. The summed E-state index contributed by atoms with van der Waals surface area (Å²) in [6.07, 6.45) is 0. The summed E-state index contributed by atoms with van der Waals surface area (Å²) in [6, 6.07) is 26.1. The van der Waals surface area contributed by atoms with E-state index in [1.165, 1.54) is 18.2 Å². The molecule has 0 aliphatic rings. The van der Waals surface area contributed by atoms with Crippen LogP contribution in [0.25, 0.3) is 0 Å². The number of hydrogen-bond donors (Lipinski definition) is 0. The van der Waals surface area contributed by atoms with E-state index in [1.54, 1.807) is 129 Å². The number of hydrogen-bond acceptors (Lipinski definition) is 30. The van der Waals surface area contributed by atoms with Crippen LogP contribution >= 0.6 is 22.6 Å². The molecule has 0 amide bonds. The van der Waals surface area contributed by atoms with Crippen LogP contribution in [0.1, 0.15) is 176 Å². The van der Waals surface area contributed by atoms with Crippen molar-refractivity contribution in [1.29, 1.82) is 0 Å². The van der Waals surface area contributed by atoms with Gasteiger partial charge in [0.1, 0.15) is 47.7 Å². The highest BCUT2D eigenvalue weighted by molar-refractivity contribution is 14.1. The molecular weight excluding hydrogens is 1920 g/mol. The first-order chi connectivity index (χ1) is 67.5. The fourth-order valence-electron chi connectivity index (χ4n) is 13.4. The van der Waals surface area contributed by atoms with E-state index in [0.29, 0.717) is 183 Å². The van der Waals surface area contributed by atoms with Crippen LogP contribution in [-0.4, -0.2) is 324 Å². The lowest BCUT2D eigenvalue weighted by Gasteiger charge is -2.38. The molecule has 0 aliphatic carbocycles. The third-order valence-electron chi connectivity index (χ3n) is 20.5. The van der Waals surface area contributed by atoms with Crippen LogP contribution in [0.5, 0.6) is 0 Å². The van der Waals surface area contributed by atoms with Crippen LogP contribution < -0.4 is 0 Å². The Labute approximate surface area is 833 Å². The van der Waals surface area contributed by atoms with Crippen molar-refractivity contribution in [3.05, 3.63) is 206 Å². The molecule has 0 atom stereocenters. The molecule has 0 aliphatic heterocycles. The molecule has 0 heterocycles. The van der Waals surface area contributed by atoms with E-state index in [4.69, 9.17) is 114 Å². The number of carbonyl (C=O) groups excluding carboxylic acids is 6. The highest BCUT2D eigenvalue weighted by Gasteiger charge is 2.42. The van der Waals surface area contributed by atoms with Gasteiger partial charge >= 0.3 is 35.8 Å². The highest BCUT2D eigenvalue weighted by Crippen LogP contribution is 2.41. The molecule has 32 heteroatoms. The van der Waals surface area contributed by atoms with Gasteiger partial charge in [-0.05, 0) is 161 Å². The Hall–Kier alpha value is -10.3. The van der Waals surface area contributed by atoms with Crippen molar-refractivity contribution in [2.75, 3.05) is 281 Å². The Morgan fingerprint density at radius 1 is 0.223 bits per heavy atom.